The Hall–Kier alpha value is -0.910. The molecule has 1 N–H and O–H groups in total. The van der Waals surface area contributed by atoms with Crippen LogP contribution in [-0.2, 0) is 6.54 Å². The van der Waals surface area contributed by atoms with E-state index in [-0.39, 0.29) is 5.82 Å². The molecule has 0 radical (unpaired) electrons. The summed E-state index contributed by atoms with van der Waals surface area (Å²) in [7, 11) is 1.85. The molecular formula is C11H10BrClFN3. The Labute approximate surface area is 112 Å². The highest BCUT2D eigenvalue weighted by atomic mass is 79.9. The number of hydrogen-bond acceptors (Lipinski definition) is 2. The van der Waals surface area contributed by atoms with Crippen LogP contribution in [0.25, 0.3) is 5.69 Å². The van der Waals surface area contributed by atoms with E-state index in [0.29, 0.717) is 21.7 Å². The molecule has 0 saturated heterocycles. The van der Waals surface area contributed by atoms with E-state index in [1.807, 2.05) is 13.1 Å². The molecule has 17 heavy (non-hydrogen) atoms. The van der Waals surface area contributed by atoms with Crippen molar-refractivity contribution in [1.82, 2.24) is 15.1 Å². The molecule has 0 aliphatic rings. The van der Waals surface area contributed by atoms with Gasteiger partial charge in [-0.15, -0.1) is 0 Å². The zero-order valence-electron chi connectivity index (χ0n) is 9.04. The van der Waals surface area contributed by atoms with Crippen LogP contribution in [0.1, 0.15) is 5.69 Å². The van der Waals surface area contributed by atoms with Crippen molar-refractivity contribution < 1.29 is 4.39 Å². The zero-order chi connectivity index (χ0) is 12.4. The standard InChI is InChI=1S/C11H10BrClFN3/c1-15-6-8-2-3-17(16-8)11-9(12)4-7(14)5-10(11)13/h2-5,15H,6H2,1H3. The molecule has 1 aromatic carbocycles. The molecule has 0 bridgehead atoms. The fourth-order valence-corrected chi connectivity index (χ4v) is 2.54. The number of benzene rings is 1. The Bertz CT molecular complexity index is 518. The van der Waals surface area contributed by atoms with Crippen molar-refractivity contribution in [2.75, 3.05) is 7.05 Å². The normalized spacial score (nSPS) is 10.8. The van der Waals surface area contributed by atoms with Gasteiger partial charge in [0.05, 0.1) is 16.4 Å². The van der Waals surface area contributed by atoms with Gasteiger partial charge in [-0.05, 0) is 41.2 Å². The predicted molar refractivity (Wildman–Crippen MR) is 69.0 cm³/mol. The molecule has 6 heteroatoms. The van der Waals surface area contributed by atoms with Crippen LogP contribution in [0, 0.1) is 5.82 Å². The second-order valence-electron chi connectivity index (χ2n) is 3.50. The first-order valence-electron chi connectivity index (χ1n) is 4.96. The third kappa shape index (κ3) is 2.68. The van der Waals surface area contributed by atoms with Crippen molar-refractivity contribution in [2.24, 2.45) is 0 Å². The number of hydrogen-bond donors (Lipinski definition) is 1. The fourth-order valence-electron chi connectivity index (χ4n) is 1.52. The first kappa shape index (κ1) is 12.5. The molecule has 0 spiro atoms. The molecule has 0 aliphatic heterocycles. The Balaban J connectivity index is 2.45. The van der Waals surface area contributed by atoms with Crippen molar-refractivity contribution in [2.45, 2.75) is 6.54 Å². The van der Waals surface area contributed by atoms with Crippen LogP contribution in [0.2, 0.25) is 5.02 Å². The number of nitrogens with zero attached hydrogens (tertiary/aromatic N) is 2. The lowest BCUT2D eigenvalue weighted by atomic mass is 10.3. The summed E-state index contributed by atoms with van der Waals surface area (Å²) in [5.41, 5.74) is 1.52. The minimum absolute atomic E-state index is 0.316. The molecule has 2 rings (SSSR count). The van der Waals surface area contributed by atoms with E-state index < -0.39 is 0 Å². The lowest BCUT2D eigenvalue weighted by molar-refractivity contribution is 0.626. The maximum Gasteiger partial charge on any atom is 0.125 e. The van der Waals surface area contributed by atoms with Crippen LogP contribution in [0.3, 0.4) is 0 Å². The molecule has 0 unspecified atom stereocenters. The third-order valence-electron chi connectivity index (χ3n) is 2.21. The lowest BCUT2D eigenvalue weighted by Gasteiger charge is -2.07. The molecule has 0 fully saturated rings. The van der Waals surface area contributed by atoms with Gasteiger partial charge in [0.2, 0.25) is 0 Å². The molecule has 90 valence electrons. The highest BCUT2D eigenvalue weighted by Crippen LogP contribution is 2.29. The van der Waals surface area contributed by atoms with Crippen molar-refractivity contribution >= 4 is 27.5 Å². The average molecular weight is 319 g/mol. The number of aromatic nitrogens is 2. The van der Waals surface area contributed by atoms with E-state index in [0.717, 1.165) is 5.69 Å². The van der Waals surface area contributed by atoms with Gasteiger partial charge in [0.1, 0.15) is 5.82 Å². The summed E-state index contributed by atoms with van der Waals surface area (Å²) in [6.07, 6.45) is 1.79. The summed E-state index contributed by atoms with van der Waals surface area (Å²) in [5, 5.41) is 7.66. The van der Waals surface area contributed by atoms with E-state index in [2.05, 4.69) is 26.3 Å². The van der Waals surface area contributed by atoms with Gasteiger partial charge in [0, 0.05) is 17.2 Å². The first-order chi connectivity index (χ1) is 8.11. The first-order valence-corrected chi connectivity index (χ1v) is 6.13. The zero-order valence-corrected chi connectivity index (χ0v) is 11.4. The quantitative estimate of drug-likeness (QED) is 0.942. The predicted octanol–water partition coefficient (Wildman–Crippen LogP) is 3.15. The molecular weight excluding hydrogens is 308 g/mol. The SMILES string of the molecule is CNCc1ccn(-c2c(Cl)cc(F)cc2Br)n1. The Kier molecular flexibility index (Phi) is 3.81. The molecule has 1 heterocycles. The van der Waals surface area contributed by atoms with Crippen molar-refractivity contribution in [3.63, 3.8) is 0 Å². The average Bonchev–Trinajstić information content (AvgIpc) is 2.65. The maximum atomic E-state index is 13.1. The Morgan fingerprint density at radius 1 is 1.53 bits per heavy atom. The summed E-state index contributed by atoms with van der Waals surface area (Å²) in [5.74, 6) is -0.381. The van der Waals surface area contributed by atoms with Crippen LogP contribution < -0.4 is 5.32 Å². The van der Waals surface area contributed by atoms with Gasteiger partial charge in [-0.3, -0.25) is 0 Å². The summed E-state index contributed by atoms with van der Waals surface area (Å²) in [6, 6.07) is 4.50. The lowest BCUT2D eigenvalue weighted by Crippen LogP contribution is -2.06. The third-order valence-corrected chi connectivity index (χ3v) is 3.11. The van der Waals surface area contributed by atoms with Crippen LogP contribution in [-0.4, -0.2) is 16.8 Å². The van der Waals surface area contributed by atoms with Gasteiger partial charge in [-0.1, -0.05) is 11.6 Å². The maximum absolute atomic E-state index is 13.1. The Morgan fingerprint density at radius 3 is 2.94 bits per heavy atom. The fraction of sp³-hybridized carbons (Fsp3) is 0.182. The van der Waals surface area contributed by atoms with E-state index in [4.69, 9.17) is 11.6 Å². The summed E-state index contributed by atoms with van der Waals surface area (Å²) in [4.78, 5) is 0. The number of nitrogens with one attached hydrogen (secondary N) is 1. The molecule has 3 nitrogen and oxygen atoms in total. The monoisotopic (exact) mass is 317 g/mol. The molecule has 0 saturated carbocycles. The van der Waals surface area contributed by atoms with Crippen LogP contribution in [0.15, 0.2) is 28.9 Å². The van der Waals surface area contributed by atoms with Gasteiger partial charge >= 0.3 is 0 Å². The molecule has 1 aromatic heterocycles. The highest BCUT2D eigenvalue weighted by Gasteiger charge is 2.11. The topological polar surface area (TPSA) is 29.9 Å². The molecule has 2 aromatic rings. The van der Waals surface area contributed by atoms with Crippen LogP contribution in [0.5, 0.6) is 0 Å². The van der Waals surface area contributed by atoms with Crippen molar-refractivity contribution in [3.05, 3.63) is 45.4 Å². The summed E-state index contributed by atoms with van der Waals surface area (Å²) < 4.78 is 15.3. The smallest absolute Gasteiger partial charge is 0.125 e. The van der Waals surface area contributed by atoms with Crippen LogP contribution >= 0.6 is 27.5 Å². The van der Waals surface area contributed by atoms with Gasteiger partial charge in [0.25, 0.3) is 0 Å². The van der Waals surface area contributed by atoms with E-state index in [1.165, 1.54) is 12.1 Å². The van der Waals surface area contributed by atoms with Gasteiger partial charge < -0.3 is 5.32 Å². The molecule has 0 aliphatic carbocycles. The minimum atomic E-state index is -0.381. The summed E-state index contributed by atoms with van der Waals surface area (Å²) in [6.45, 7) is 0.670. The largest absolute Gasteiger partial charge is 0.314 e. The van der Waals surface area contributed by atoms with Gasteiger partial charge in [-0.2, -0.15) is 5.10 Å². The second kappa shape index (κ2) is 5.16. The van der Waals surface area contributed by atoms with Gasteiger partial charge in [0.15, 0.2) is 0 Å². The van der Waals surface area contributed by atoms with Gasteiger partial charge in [-0.25, -0.2) is 9.07 Å². The van der Waals surface area contributed by atoms with E-state index >= 15 is 0 Å². The summed E-state index contributed by atoms with van der Waals surface area (Å²) >= 11 is 9.29. The van der Waals surface area contributed by atoms with Crippen LogP contribution in [0.4, 0.5) is 4.39 Å². The minimum Gasteiger partial charge on any atom is -0.314 e. The molecule has 0 atom stereocenters. The second-order valence-corrected chi connectivity index (χ2v) is 4.76. The van der Waals surface area contributed by atoms with Crippen molar-refractivity contribution in [3.8, 4) is 5.69 Å². The highest BCUT2D eigenvalue weighted by molar-refractivity contribution is 9.10. The molecule has 0 amide bonds. The van der Waals surface area contributed by atoms with E-state index in [1.54, 1.807) is 10.9 Å². The number of rotatable bonds is 3. The Morgan fingerprint density at radius 2 is 2.29 bits per heavy atom. The van der Waals surface area contributed by atoms with E-state index in [9.17, 15) is 4.39 Å². The number of halogens is 3. The van der Waals surface area contributed by atoms with Crippen molar-refractivity contribution in [1.29, 1.82) is 0 Å².